The number of nitrogens with zero attached hydrogens (tertiary/aromatic N) is 3. The lowest BCUT2D eigenvalue weighted by atomic mass is 9.84. The number of urea groups is 1. The predicted octanol–water partition coefficient (Wildman–Crippen LogP) is 0.996. The van der Waals surface area contributed by atoms with Crippen LogP contribution in [-0.2, 0) is 9.53 Å². The zero-order chi connectivity index (χ0) is 19.4. The lowest BCUT2D eigenvalue weighted by Gasteiger charge is -2.40. The molecule has 2 heterocycles. The van der Waals surface area contributed by atoms with Crippen LogP contribution in [0.5, 0.6) is 0 Å². The van der Waals surface area contributed by atoms with Gasteiger partial charge in [0.2, 0.25) is 5.91 Å². The summed E-state index contributed by atoms with van der Waals surface area (Å²) < 4.78 is 31.3. The molecule has 1 unspecified atom stereocenters. The molecule has 3 rings (SSSR count). The molecule has 1 aliphatic carbocycles. The van der Waals surface area contributed by atoms with Crippen molar-refractivity contribution in [1.82, 2.24) is 20.0 Å². The van der Waals surface area contributed by atoms with Crippen LogP contribution in [-0.4, -0.2) is 97.6 Å². The van der Waals surface area contributed by atoms with Crippen molar-refractivity contribution in [2.75, 3.05) is 59.0 Å². The highest BCUT2D eigenvalue weighted by molar-refractivity contribution is 5.79. The van der Waals surface area contributed by atoms with Gasteiger partial charge in [0.15, 0.2) is 0 Å². The molecule has 0 aromatic rings. The summed E-state index contributed by atoms with van der Waals surface area (Å²) in [4.78, 5) is 30.1. The number of carbonyl (C=O) groups is 2. The van der Waals surface area contributed by atoms with Crippen LogP contribution >= 0.6 is 0 Å². The Hall–Kier alpha value is -1.48. The van der Waals surface area contributed by atoms with E-state index >= 15 is 0 Å². The third-order valence-electron chi connectivity index (χ3n) is 5.89. The number of halogens is 2. The van der Waals surface area contributed by atoms with Gasteiger partial charge in [0.05, 0.1) is 13.2 Å². The van der Waals surface area contributed by atoms with E-state index in [1.807, 2.05) is 4.90 Å². The minimum absolute atomic E-state index is 0.113. The van der Waals surface area contributed by atoms with Gasteiger partial charge in [0.25, 0.3) is 6.43 Å². The molecule has 0 aromatic heterocycles. The SMILES string of the molecule is CC1(C(F)F)CN(C(=O)NCCN2CCN(C(=O)C3CCC3)CC2)CCO1. The van der Waals surface area contributed by atoms with Crippen LogP contribution in [0.3, 0.4) is 0 Å². The normalized spacial score (nSPS) is 27.6. The van der Waals surface area contributed by atoms with Gasteiger partial charge in [-0.25, -0.2) is 13.6 Å². The Balaban J connectivity index is 1.34. The summed E-state index contributed by atoms with van der Waals surface area (Å²) >= 11 is 0. The number of amides is 3. The van der Waals surface area contributed by atoms with Crippen LogP contribution in [0.15, 0.2) is 0 Å². The Bertz CT molecular complexity index is 539. The first-order valence-corrected chi connectivity index (χ1v) is 9.85. The Morgan fingerprint density at radius 3 is 2.44 bits per heavy atom. The second-order valence-electron chi connectivity index (χ2n) is 7.91. The fraction of sp³-hybridized carbons (Fsp3) is 0.889. The predicted molar refractivity (Wildman–Crippen MR) is 95.7 cm³/mol. The molecule has 7 nitrogen and oxygen atoms in total. The molecule has 2 saturated heterocycles. The third kappa shape index (κ3) is 4.87. The fourth-order valence-corrected chi connectivity index (χ4v) is 3.74. The molecule has 3 aliphatic rings. The highest BCUT2D eigenvalue weighted by Gasteiger charge is 2.42. The Labute approximate surface area is 159 Å². The Kier molecular flexibility index (Phi) is 6.52. The minimum Gasteiger partial charge on any atom is -0.366 e. The maximum Gasteiger partial charge on any atom is 0.317 e. The maximum atomic E-state index is 13.1. The molecule has 1 saturated carbocycles. The Morgan fingerprint density at radius 2 is 1.85 bits per heavy atom. The summed E-state index contributed by atoms with van der Waals surface area (Å²) in [5.74, 6) is 0.534. The van der Waals surface area contributed by atoms with Crippen molar-refractivity contribution in [3.8, 4) is 0 Å². The number of piperazine rings is 1. The standard InChI is InChI=1S/C18H30F2N4O3/c1-18(16(19)20)13-24(11-12-27-18)17(26)21-5-6-22-7-9-23(10-8-22)15(25)14-3-2-4-14/h14,16H,2-13H2,1H3,(H,21,26). The van der Waals surface area contributed by atoms with Crippen molar-refractivity contribution in [3.63, 3.8) is 0 Å². The van der Waals surface area contributed by atoms with Gasteiger partial charge in [0.1, 0.15) is 5.60 Å². The lowest BCUT2D eigenvalue weighted by Crippen LogP contribution is -2.58. The van der Waals surface area contributed by atoms with Gasteiger partial charge in [-0.1, -0.05) is 6.42 Å². The minimum atomic E-state index is -2.63. The zero-order valence-electron chi connectivity index (χ0n) is 16.0. The molecule has 9 heteroatoms. The van der Waals surface area contributed by atoms with Gasteiger partial charge >= 0.3 is 6.03 Å². The van der Waals surface area contributed by atoms with Crippen LogP contribution in [0.2, 0.25) is 0 Å². The fourth-order valence-electron chi connectivity index (χ4n) is 3.74. The van der Waals surface area contributed by atoms with E-state index in [0.29, 0.717) is 25.5 Å². The molecular formula is C18H30F2N4O3. The van der Waals surface area contributed by atoms with Gasteiger partial charge in [-0.15, -0.1) is 0 Å². The number of morpholine rings is 1. The van der Waals surface area contributed by atoms with E-state index in [1.165, 1.54) is 11.8 Å². The number of hydrogen-bond acceptors (Lipinski definition) is 4. The topological polar surface area (TPSA) is 65.1 Å². The molecule has 3 fully saturated rings. The summed E-state index contributed by atoms with van der Waals surface area (Å²) in [5, 5.41) is 2.81. The molecule has 1 N–H and O–H groups in total. The molecule has 3 amide bonds. The summed E-state index contributed by atoms with van der Waals surface area (Å²) in [5.41, 5.74) is -1.60. The van der Waals surface area contributed by atoms with Gasteiger partial charge < -0.3 is 19.9 Å². The highest BCUT2D eigenvalue weighted by Crippen LogP contribution is 2.28. The maximum absolute atomic E-state index is 13.1. The first-order valence-electron chi connectivity index (χ1n) is 9.85. The molecule has 154 valence electrons. The smallest absolute Gasteiger partial charge is 0.317 e. The zero-order valence-corrected chi connectivity index (χ0v) is 16.0. The molecule has 0 spiro atoms. The number of ether oxygens (including phenoxy) is 1. The van der Waals surface area contributed by atoms with E-state index in [9.17, 15) is 18.4 Å². The Morgan fingerprint density at radius 1 is 1.15 bits per heavy atom. The van der Waals surface area contributed by atoms with Gasteiger partial charge in [-0.05, 0) is 19.8 Å². The number of carbonyl (C=O) groups excluding carboxylic acids is 2. The number of alkyl halides is 2. The lowest BCUT2D eigenvalue weighted by molar-refractivity contribution is -0.161. The molecule has 0 radical (unpaired) electrons. The van der Waals surface area contributed by atoms with Gasteiger partial charge in [-0.2, -0.15) is 0 Å². The van der Waals surface area contributed by atoms with Crippen LogP contribution in [0.1, 0.15) is 26.2 Å². The van der Waals surface area contributed by atoms with Gasteiger partial charge in [-0.3, -0.25) is 9.69 Å². The van der Waals surface area contributed by atoms with E-state index in [0.717, 1.165) is 45.4 Å². The third-order valence-corrected chi connectivity index (χ3v) is 5.89. The highest BCUT2D eigenvalue weighted by atomic mass is 19.3. The molecule has 1 atom stereocenters. The molecule has 27 heavy (non-hydrogen) atoms. The van der Waals surface area contributed by atoms with Crippen molar-refractivity contribution in [1.29, 1.82) is 0 Å². The van der Waals surface area contributed by atoms with E-state index in [1.54, 1.807) is 0 Å². The second-order valence-corrected chi connectivity index (χ2v) is 7.91. The summed E-state index contributed by atoms with van der Waals surface area (Å²) in [6, 6.07) is -0.330. The summed E-state index contributed by atoms with van der Waals surface area (Å²) in [7, 11) is 0. The van der Waals surface area contributed by atoms with Crippen molar-refractivity contribution < 1.29 is 23.1 Å². The van der Waals surface area contributed by atoms with Crippen LogP contribution in [0.4, 0.5) is 13.6 Å². The van der Waals surface area contributed by atoms with Crippen molar-refractivity contribution in [3.05, 3.63) is 0 Å². The van der Waals surface area contributed by atoms with Crippen LogP contribution in [0, 0.1) is 5.92 Å². The summed E-state index contributed by atoms with van der Waals surface area (Å²) in [6.45, 7) is 5.87. The van der Waals surface area contributed by atoms with Crippen LogP contribution < -0.4 is 5.32 Å². The molecule has 2 aliphatic heterocycles. The van der Waals surface area contributed by atoms with Crippen LogP contribution in [0.25, 0.3) is 0 Å². The van der Waals surface area contributed by atoms with Gasteiger partial charge in [0, 0.05) is 51.7 Å². The number of rotatable bonds is 5. The average molecular weight is 388 g/mol. The number of hydrogen-bond donors (Lipinski definition) is 1. The largest absolute Gasteiger partial charge is 0.366 e. The van der Waals surface area contributed by atoms with E-state index in [4.69, 9.17) is 4.74 Å². The molecule has 0 bridgehead atoms. The van der Waals surface area contributed by atoms with E-state index in [-0.39, 0.29) is 25.1 Å². The molecular weight excluding hydrogens is 358 g/mol. The van der Waals surface area contributed by atoms with Crippen molar-refractivity contribution in [2.24, 2.45) is 5.92 Å². The first-order chi connectivity index (χ1) is 12.9. The number of nitrogens with one attached hydrogen (secondary N) is 1. The molecule has 0 aromatic carbocycles. The monoisotopic (exact) mass is 388 g/mol. The average Bonchev–Trinajstić information content (AvgIpc) is 2.60. The van der Waals surface area contributed by atoms with E-state index in [2.05, 4.69) is 10.2 Å². The van der Waals surface area contributed by atoms with Crippen molar-refractivity contribution in [2.45, 2.75) is 38.2 Å². The van der Waals surface area contributed by atoms with E-state index < -0.39 is 12.0 Å². The quantitative estimate of drug-likeness (QED) is 0.763. The summed E-state index contributed by atoms with van der Waals surface area (Å²) in [6.07, 6.45) is 0.580. The first kappa shape index (κ1) is 20.3. The van der Waals surface area contributed by atoms with Crippen molar-refractivity contribution >= 4 is 11.9 Å². The second kappa shape index (κ2) is 8.68.